The van der Waals surface area contributed by atoms with E-state index >= 15 is 0 Å². The van der Waals surface area contributed by atoms with Crippen molar-refractivity contribution in [3.63, 3.8) is 0 Å². The summed E-state index contributed by atoms with van der Waals surface area (Å²) in [4.78, 5) is 23.0. The van der Waals surface area contributed by atoms with Crippen LogP contribution in [0.5, 0.6) is 5.75 Å². The number of sulfonamides is 1. The minimum absolute atomic E-state index is 0.0729. The Labute approximate surface area is 166 Å². The molecule has 0 bridgehead atoms. The first-order valence-corrected chi connectivity index (χ1v) is 9.85. The zero-order valence-corrected chi connectivity index (χ0v) is 16.6. The summed E-state index contributed by atoms with van der Waals surface area (Å²) in [5, 5.41) is 11.2. The molecule has 0 amide bonds. The van der Waals surface area contributed by atoms with Crippen molar-refractivity contribution in [1.29, 1.82) is 0 Å². The lowest BCUT2D eigenvalue weighted by atomic mass is 10.3. The standard InChI is InChI=1S/C18H18N4O6S/c1-12-17(18(23)21(20(12)2)13-7-5-4-6-8-13)19-29(26,27)14-9-10-16(28-3)15(11-14)22(24)25/h4-11,19H,1-3H3. The van der Waals surface area contributed by atoms with Crippen LogP contribution >= 0.6 is 0 Å². The molecule has 0 saturated heterocycles. The number of para-hydroxylation sites is 1. The van der Waals surface area contributed by atoms with Crippen LogP contribution in [0.3, 0.4) is 0 Å². The molecule has 29 heavy (non-hydrogen) atoms. The first kappa shape index (κ1) is 20.1. The molecule has 152 valence electrons. The lowest BCUT2D eigenvalue weighted by molar-refractivity contribution is -0.386. The lowest BCUT2D eigenvalue weighted by Crippen LogP contribution is -2.23. The average Bonchev–Trinajstić information content (AvgIpc) is 2.91. The van der Waals surface area contributed by atoms with Crippen LogP contribution in [0.4, 0.5) is 11.4 Å². The normalized spacial score (nSPS) is 11.3. The quantitative estimate of drug-likeness (QED) is 0.483. The number of nitrogens with one attached hydrogen (secondary N) is 1. The van der Waals surface area contributed by atoms with E-state index in [9.17, 15) is 23.3 Å². The molecule has 0 spiro atoms. The number of methoxy groups -OCH3 is 1. The van der Waals surface area contributed by atoms with Crippen LogP contribution in [0.2, 0.25) is 0 Å². The van der Waals surface area contributed by atoms with Crippen molar-refractivity contribution < 1.29 is 18.1 Å². The number of nitro groups is 1. The van der Waals surface area contributed by atoms with Crippen LogP contribution in [-0.2, 0) is 17.1 Å². The second-order valence-corrected chi connectivity index (χ2v) is 7.82. The molecule has 0 saturated carbocycles. The molecule has 0 aliphatic heterocycles. The largest absolute Gasteiger partial charge is 0.490 e. The molecule has 11 heteroatoms. The minimum atomic E-state index is -4.26. The summed E-state index contributed by atoms with van der Waals surface area (Å²) in [5.74, 6) is -0.0729. The van der Waals surface area contributed by atoms with Gasteiger partial charge in [-0.1, -0.05) is 18.2 Å². The van der Waals surface area contributed by atoms with E-state index in [2.05, 4.69) is 4.72 Å². The second kappa shape index (κ2) is 7.43. The number of benzene rings is 2. The molecular weight excluding hydrogens is 400 g/mol. The molecule has 0 aliphatic carbocycles. The van der Waals surface area contributed by atoms with Crippen molar-refractivity contribution in [3.8, 4) is 11.4 Å². The summed E-state index contributed by atoms with van der Waals surface area (Å²) in [6.45, 7) is 1.59. The number of nitro benzene ring substituents is 1. The maximum Gasteiger partial charge on any atom is 0.312 e. The molecule has 1 heterocycles. The Morgan fingerprint density at radius 3 is 2.38 bits per heavy atom. The van der Waals surface area contributed by atoms with Crippen molar-refractivity contribution in [2.24, 2.45) is 7.05 Å². The zero-order chi connectivity index (χ0) is 21.3. The van der Waals surface area contributed by atoms with Crippen LogP contribution in [0.15, 0.2) is 58.2 Å². The van der Waals surface area contributed by atoms with E-state index in [1.807, 2.05) is 0 Å². The summed E-state index contributed by atoms with van der Waals surface area (Å²) in [6, 6.07) is 12.0. The van der Waals surface area contributed by atoms with Crippen LogP contribution in [0, 0.1) is 17.0 Å². The molecule has 3 aromatic rings. The van der Waals surface area contributed by atoms with E-state index < -0.39 is 26.2 Å². The second-order valence-electron chi connectivity index (χ2n) is 6.13. The summed E-state index contributed by atoms with van der Waals surface area (Å²) in [6.07, 6.45) is 0. The van der Waals surface area contributed by atoms with Crippen LogP contribution < -0.4 is 15.0 Å². The van der Waals surface area contributed by atoms with Crippen molar-refractivity contribution in [2.45, 2.75) is 11.8 Å². The molecule has 2 aromatic carbocycles. The number of nitrogens with zero attached hydrogens (tertiary/aromatic N) is 3. The Morgan fingerprint density at radius 2 is 1.79 bits per heavy atom. The van der Waals surface area contributed by atoms with Gasteiger partial charge in [0.1, 0.15) is 5.69 Å². The highest BCUT2D eigenvalue weighted by atomic mass is 32.2. The number of ether oxygens (including phenoxy) is 1. The third-order valence-corrected chi connectivity index (χ3v) is 5.80. The van der Waals surface area contributed by atoms with Gasteiger partial charge in [-0.2, -0.15) is 0 Å². The maximum absolute atomic E-state index is 12.9. The van der Waals surface area contributed by atoms with E-state index in [0.29, 0.717) is 11.4 Å². The van der Waals surface area contributed by atoms with E-state index in [1.165, 1.54) is 28.6 Å². The van der Waals surface area contributed by atoms with Gasteiger partial charge in [0.2, 0.25) is 0 Å². The van der Waals surface area contributed by atoms with Gasteiger partial charge in [0.15, 0.2) is 5.75 Å². The van der Waals surface area contributed by atoms with Gasteiger partial charge in [-0.05, 0) is 31.2 Å². The molecule has 0 aliphatic rings. The fourth-order valence-corrected chi connectivity index (χ4v) is 3.99. The van der Waals surface area contributed by atoms with Crippen LogP contribution in [0.1, 0.15) is 5.69 Å². The molecule has 3 rings (SSSR count). The highest BCUT2D eigenvalue weighted by Crippen LogP contribution is 2.30. The third-order valence-electron chi connectivity index (χ3n) is 4.45. The van der Waals surface area contributed by atoms with E-state index in [4.69, 9.17) is 4.74 Å². The van der Waals surface area contributed by atoms with E-state index in [1.54, 1.807) is 44.3 Å². The van der Waals surface area contributed by atoms with Gasteiger partial charge in [0.05, 0.1) is 28.3 Å². The van der Waals surface area contributed by atoms with Gasteiger partial charge in [0, 0.05) is 13.1 Å². The molecule has 1 N–H and O–H groups in total. The fourth-order valence-electron chi connectivity index (χ4n) is 2.86. The topological polar surface area (TPSA) is 125 Å². The average molecular weight is 418 g/mol. The van der Waals surface area contributed by atoms with Crippen molar-refractivity contribution in [1.82, 2.24) is 9.36 Å². The first-order valence-electron chi connectivity index (χ1n) is 8.36. The highest BCUT2D eigenvalue weighted by Gasteiger charge is 2.25. The number of anilines is 1. The van der Waals surface area contributed by atoms with Gasteiger partial charge in [-0.15, -0.1) is 0 Å². The summed E-state index contributed by atoms with van der Waals surface area (Å²) < 4.78 is 35.6. The smallest absolute Gasteiger partial charge is 0.312 e. The lowest BCUT2D eigenvalue weighted by Gasteiger charge is -2.08. The van der Waals surface area contributed by atoms with Gasteiger partial charge >= 0.3 is 5.69 Å². The molecule has 0 radical (unpaired) electrons. The van der Waals surface area contributed by atoms with E-state index in [-0.39, 0.29) is 16.3 Å². The number of hydrogen-bond acceptors (Lipinski definition) is 6. The van der Waals surface area contributed by atoms with Gasteiger partial charge in [0.25, 0.3) is 15.6 Å². The molecular formula is C18H18N4O6S. The Kier molecular flexibility index (Phi) is 5.16. The summed E-state index contributed by atoms with van der Waals surface area (Å²) in [7, 11) is -1.39. The Morgan fingerprint density at radius 1 is 1.14 bits per heavy atom. The fraction of sp³-hybridized carbons (Fsp3) is 0.167. The third kappa shape index (κ3) is 3.59. The zero-order valence-electron chi connectivity index (χ0n) is 15.8. The Balaban J connectivity index is 2.08. The molecule has 10 nitrogen and oxygen atoms in total. The number of aromatic nitrogens is 2. The Hall–Kier alpha value is -3.60. The van der Waals surface area contributed by atoms with Crippen molar-refractivity contribution in [2.75, 3.05) is 11.8 Å². The molecule has 0 unspecified atom stereocenters. The predicted molar refractivity (Wildman–Crippen MR) is 106 cm³/mol. The first-order chi connectivity index (χ1) is 13.7. The monoisotopic (exact) mass is 418 g/mol. The van der Waals surface area contributed by atoms with Crippen LogP contribution in [0.25, 0.3) is 5.69 Å². The molecule has 1 aromatic heterocycles. The maximum atomic E-state index is 12.9. The summed E-state index contributed by atoms with van der Waals surface area (Å²) in [5.41, 5.74) is -0.265. The Bertz CT molecular complexity index is 1250. The SMILES string of the molecule is COc1ccc(S(=O)(=O)Nc2c(C)n(C)n(-c3ccccc3)c2=O)cc1[N+](=O)[O-]. The van der Waals surface area contributed by atoms with Gasteiger partial charge < -0.3 is 4.74 Å². The van der Waals surface area contributed by atoms with Crippen molar-refractivity contribution in [3.05, 3.63) is 74.7 Å². The molecule has 0 atom stereocenters. The predicted octanol–water partition coefficient (Wildman–Crippen LogP) is 2.20. The minimum Gasteiger partial charge on any atom is -0.490 e. The number of rotatable bonds is 6. The number of hydrogen-bond donors (Lipinski definition) is 1. The molecule has 0 fully saturated rings. The van der Waals surface area contributed by atoms with E-state index in [0.717, 1.165) is 6.07 Å². The van der Waals surface area contributed by atoms with Gasteiger partial charge in [-0.25, -0.2) is 13.1 Å². The van der Waals surface area contributed by atoms with Crippen LogP contribution in [-0.4, -0.2) is 29.8 Å². The highest BCUT2D eigenvalue weighted by molar-refractivity contribution is 7.92. The van der Waals surface area contributed by atoms with Gasteiger partial charge in [-0.3, -0.25) is 24.3 Å². The van der Waals surface area contributed by atoms with Crippen molar-refractivity contribution >= 4 is 21.4 Å². The summed E-state index contributed by atoms with van der Waals surface area (Å²) >= 11 is 0.